The van der Waals surface area contributed by atoms with Crippen LogP contribution in [-0.4, -0.2) is 35.5 Å². The van der Waals surface area contributed by atoms with Crippen molar-refractivity contribution in [2.75, 3.05) is 17.8 Å². The molecule has 2 aromatic rings. The smallest absolute Gasteiger partial charge is 0.236 e. The predicted octanol–water partition coefficient (Wildman–Crippen LogP) is 1.84. The van der Waals surface area contributed by atoms with Crippen LogP contribution in [0, 0.1) is 0 Å². The van der Waals surface area contributed by atoms with Crippen molar-refractivity contribution in [2.24, 2.45) is 0 Å². The van der Waals surface area contributed by atoms with Crippen LogP contribution in [0.25, 0.3) is 11.0 Å². The maximum atomic E-state index is 12.4. The number of benzene rings is 1. The molecule has 1 fully saturated rings. The van der Waals surface area contributed by atoms with Crippen LogP contribution in [0.4, 0.5) is 5.69 Å². The van der Waals surface area contributed by atoms with Crippen LogP contribution in [0.1, 0.15) is 12.8 Å². The number of nitrogens with zero attached hydrogens (tertiary/aromatic N) is 2. The molecule has 6 nitrogen and oxygen atoms in total. The lowest BCUT2D eigenvalue weighted by Crippen LogP contribution is -2.41. The summed E-state index contributed by atoms with van der Waals surface area (Å²) in [6.07, 6.45) is 1.49. The molecule has 20 heavy (non-hydrogen) atoms. The first kappa shape index (κ1) is 14.0. The molecule has 1 atom stereocenters. The molecule has 0 saturated carbocycles. The van der Waals surface area contributed by atoms with Crippen molar-refractivity contribution in [3.63, 3.8) is 0 Å². The van der Waals surface area contributed by atoms with Crippen molar-refractivity contribution >= 4 is 50.1 Å². The van der Waals surface area contributed by atoms with Gasteiger partial charge in [-0.15, -0.1) is 0 Å². The molecular weight excluding hydrogens is 320 g/mol. The minimum absolute atomic E-state index is 0.323. The SMILES string of the molecule is O=S(=O)(Nc1c(Cl)ccc2nsnc12)C1CCCNC1. The van der Waals surface area contributed by atoms with Crippen LogP contribution in [0.2, 0.25) is 5.02 Å². The van der Waals surface area contributed by atoms with E-state index in [0.29, 0.717) is 34.7 Å². The van der Waals surface area contributed by atoms with Gasteiger partial charge < -0.3 is 5.32 Å². The van der Waals surface area contributed by atoms with E-state index in [1.165, 1.54) is 0 Å². The molecule has 2 heterocycles. The molecule has 1 aliphatic heterocycles. The second-order valence-electron chi connectivity index (χ2n) is 4.67. The molecule has 3 rings (SSSR count). The first-order valence-electron chi connectivity index (χ1n) is 6.21. The fourth-order valence-electron chi connectivity index (χ4n) is 2.23. The molecule has 1 saturated heterocycles. The average Bonchev–Trinajstić information content (AvgIpc) is 2.92. The Morgan fingerprint density at radius 1 is 1.40 bits per heavy atom. The molecule has 1 aromatic heterocycles. The van der Waals surface area contributed by atoms with Crippen LogP contribution < -0.4 is 10.0 Å². The molecule has 1 aromatic carbocycles. The molecule has 2 N–H and O–H groups in total. The number of nitrogens with one attached hydrogen (secondary N) is 2. The highest BCUT2D eigenvalue weighted by molar-refractivity contribution is 7.93. The molecule has 0 radical (unpaired) electrons. The third kappa shape index (κ3) is 2.60. The Balaban J connectivity index is 1.96. The number of piperidine rings is 1. The van der Waals surface area contributed by atoms with Crippen LogP contribution in [0.5, 0.6) is 0 Å². The highest BCUT2D eigenvalue weighted by Crippen LogP contribution is 2.31. The number of anilines is 1. The first-order valence-corrected chi connectivity index (χ1v) is 8.86. The first-order chi connectivity index (χ1) is 9.58. The van der Waals surface area contributed by atoms with Gasteiger partial charge in [0.15, 0.2) is 0 Å². The molecule has 1 aliphatic rings. The van der Waals surface area contributed by atoms with Gasteiger partial charge in [-0.05, 0) is 31.5 Å². The summed E-state index contributed by atoms with van der Waals surface area (Å²) in [5.41, 5.74) is 1.46. The van der Waals surface area contributed by atoms with Crippen molar-refractivity contribution in [3.8, 4) is 0 Å². The van der Waals surface area contributed by atoms with Gasteiger partial charge in [-0.3, -0.25) is 4.72 Å². The maximum absolute atomic E-state index is 12.4. The van der Waals surface area contributed by atoms with Gasteiger partial charge in [0.1, 0.15) is 11.0 Å². The summed E-state index contributed by atoms with van der Waals surface area (Å²) in [4.78, 5) is 0. The second-order valence-corrected chi connectivity index (χ2v) is 7.57. The highest BCUT2D eigenvalue weighted by atomic mass is 35.5. The van der Waals surface area contributed by atoms with Crippen LogP contribution in [0.3, 0.4) is 0 Å². The summed E-state index contributed by atoms with van der Waals surface area (Å²) in [5, 5.41) is 2.98. The quantitative estimate of drug-likeness (QED) is 0.896. The largest absolute Gasteiger partial charge is 0.315 e. The number of fused-ring (bicyclic) bond motifs is 1. The Bertz CT molecular complexity index is 725. The van der Waals surface area contributed by atoms with Crippen molar-refractivity contribution < 1.29 is 8.42 Å². The van der Waals surface area contributed by atoms with Gasteiger partial charge in [0, 0.05) is 6.54 Å². The van der Waals surface area contributed by atoms with E-state index in [9.17, 15) is 8.42 Å². The highest BCUT2D eigenvalue weighted by Gasteiger charge is 2.28. The van der Waals surface area contributed by atoms with E-state index in [4.69, 9.17) is 11.6 Å². The zero-order valence-electron chi connectivity index (χ0n) is 10.5. The lowest BCUT2D eigenvalue weighted by Gasteiger charge is -2.23. The summed E-state index contributed by atoms with van der Waals surface area (Å²) in [7, 11) is -3.49. The number of sulfonamides is 1. The van der Waals surface area contributed by atoms with E-state index >= 15 is 0 Å². The van der Waals surface area contributed by atoms with Gasteiger partial charge in [0.2, 0.25) is 10.0 Å². The Kier molecular flexibility index (Phi) is 3.80. The minimum atomic E-state index is -3.49. The zero-order chi connectivity index (χ0) is 14.2. The molecule has 0 bridgehead atoms. The third-order valence-electron chi connectivity index (χ3n) is 3.31. The Labute approximate surface area is 125 Å². The lowest BCUT2D eigenvalue weighted by molar-refractivity contribution is 0.499. The van der Waals surface area contributed by atoms with E-state index in [1.807, 2.05) is 0 Å². The van der Waals surface area contributed by atoms with Crippen LogP contribution >= 0.6 is 23.3 Å². The topological polar surface area (TPSA) is 84.0 Å². The van der Waals surface area contributed by atoms with E-state index < -0.39 is 15.3 Å². The van der Waals surface area contributed by atoms with E-state index in [-0.39, 0.29) is 0 Å². The van der Waals surface area contributed by atoms with Gasteiger partial charge in [0.05, 0.1) is 27.7 Å². The summed E-state index contributed by atoms with van der Waals surface area (Å²) < 4.78 is 35.6. The van der Waals surface area contributed by atoms with Gasteiger partial charge in [-0.1, -0.05) is 11.6 Å². The predicted molar refractivity (Wildman–Crippen MR) is 80.9 cm³/mol. The molecule has 0 spiro atoms. The van der Waals surface area contributed by atoms with Gasteiger partial charge in [0.25, 0.3) is 0 Å². The van der Waals surface area contributed by atoms with Crippen molar-refractivity contribution in [1.82, 2.24) is 14.1 Å². The number of rotatable bonds is 3. The average molecular weight is 333 g/mol. The normalized spacial score (nSPS) is 20.1. The van der Waals surface area contributed by atoms with Gasteiger partial charge >= 0.3 is 0 Å². The second kappa shape index (κ2) is 5.44. The zero-order valence-corrected chi connectivity index (χ0v) is 12.9. The summed E-state index contributed by atoms with van der Waals surface area (Å²) in [6, 6.07) is 3.35. The molecule has 108 valence electrons. The minimum Gasteiger partial charge on any atom is -0.315 e. The van der Waals surface area contributed by atoms with Gasteiger partial charge in [-0.25, -0.2) is 8.42 Å². The van der Waals surface area contributed by atoms with Crippen molar-refractivity contribution in [2.45, 2.75) is 18.1 Å². The van der Waals surface area contributed by atoms with Crippen molar-refractivity contribution in [3.05, 3.63) is 17.2 Å². The van der Waals surface area contributed by atoms with Gasteiger partial charge in [-0.2, -0.15) is 8.75 Å². The van der Waals surface area contributed by atoms with Crippen LogP contribution in [0.15, 0.2) is 12.1 Å². The fourth-order valence-corrected chi connectivity index (χ4v) is 4.50. The molecule has 0 aliphatic carbocycles. The summed E-state index contributed by atoms with van der Waals surface area (Å²) in [6.45, 7) is 1.32. The Morgan fingerprint density at radius 2 is 2.25 bits per heavy atom. The van der Waals surface area contributed by atoms with E-state index in [1.54, 1.807) is 12.1 Å². The number of aromatic nitrogens is 2. The van der Waals surface area contributed by atoms with E-state index in [0.717, 1.165) is 24.7 Å². The number of halogens is 1. The molecule has 9 heteroatoms. The van der Waals surface area contributed by atoms with Crippen molar-refractivity contribution in [1.29, 1.82) is 0 Å². The molecular formula is C11H13ClN4O2S2. The monoisotopic (exact) mass is 332 g/mol. The lowest BCUT2D eigenvalue weighted by atomic mass is 10.2. The summed E-state index contributed by atoms with van der Waals surface area (Å²) >= 11 is 7.13. The fraction of sp³-hybridized carbons (Fsp3) is 0.455. The van der Waals surface area contributed by atoms with E-state index in [2.05, 4.69) is 18.8 Å². The molecule has 1 unspecified atom stereocenters. The van der Waals surface area contributed by atoms with Crippen LogP contribution in [-0.2, 0) is 10.0 Å². The third-order valence-corrected chi connectivity index (χ3v) is 5.94. The Hall–Kier alpha value is -0.960. The molecule has 0 amide bonds. The number of hydrogen-bond acceptors (Lipinski definition) is 6. The maximum Gasteiger partial charge on any atom is 0.236 e. The summed E-state index contributed by atoms with van der Waals surface area (Å²) in [5.74, 6) is 0. The number of hydrogen-bond donors (Lipinski definition) is 2. The Morgan fingerprint density at radius 3 is 3.00 bits per heavy atom. The standard InChI is InChI=1S/C11H13ClN4O2S2/c12-8-3-4-9-11(15-19-14-9)10(8)16-20(17,18)7-2-1-5-13-6-7/h3-4,7,13,16H,1-2,5-6H2.